The molecule has 0 radical (unpaired) electrons. The summed E-state index contributed by atoms with van der Waals surface area (Å²) in [5.74, 6) is 0. The van der Waals surface area contributed by atoms with E-state index in [4.69, 9.17) is 5.10 Å². The quantitative estimate of drug-likeness (QED) is 0.836. The van der Waals surface area contributed by atoms with Crippen LogP contribution in [0.4, 0.5) is 0 Å². The molecule has 1 heterocycles. The number of hydrogen-bond donors (Lipinski definition) is 1. The molecule has 0 saturated carbocycles. The second kappa shape index (κ2) is 6.40. The molecule has 0 aliphatic rings. The van der Waals surface area contributed by atoms with Crippen LogP contribution < -0.4 is 5.32 Å². The van der Waals surface area contributed by atoms with Gasteiger partial charge in [-0.2, -0.15) is 5.10 Å². The van der Waals surface area contributed by atoms with E-state index in [9.17, 15) is 0 Å². The molecule has 1 N–H and O–H groups in total. The lowest BCUT2D eigenvalue weighted by atomic mass is 9.80. The van der Waals surface area contributed by atoms with Crippen LogP contribution in [0.25, 0.3) is 10.9 Å². The van der Waals surface area contributed by atoms with E-state index >= 15 is 0 Å². The molecule has 0 spiro atoms. The normalized spacial score (nSPS) is 14.6. The second-order valence-corrected chi connectivity index (χ2v) is 6.11. The molecular weight excluding hydrogens is 246 g/mol. The highest BCUT2D eigenvalue weighted by Crippen LogP contribution is 2.30. The average Bonchev–Trinajstić information content (AvgIpc) is 2.74. The number of rotatable bonds is 7. The summed E-state index contributed by atoms with van der Waals surface area (Å²) < 4.78 is 2.00. The molecule has 2 rings (SSSR count). The first-order valence-corrected chi connectivity index (χ1v) is 7.71. The van der Waals surface area contributed by atoms with E-state index in [-0.39, 0.29) is 5.41 Å². The van der Waals surface area contributed by atoms with Crippen LogP contribution in [0.1, 0.15) is 39.3 Å². The second-order valence-electron chi connectivity index (χ2n) is 6.11. The smallest absolute Gasteiger partial charge is 0.0709 e. The maximum atomic E-state index is 4.75. The first-order chi connectivity index (χ1) is 9.59. The van der Waals surface area contributed by atoms with E-state index in [0.717, 1.165) is 19.5 Å². The molecule has 110 valence electrons. The van der Waals surface area contributed by atoms with E-state index in [1.165, 1.54) is 29.4 Å². The molecule has 2 aromatic rings. The molecule has 0 saturated heterocycles. The van der Waals surface area contributed by atoms with Crippen LogP contribution in [0.5, 0.6) is 0 Å². The van der Waals surface area contributed by atoms with Gasteiger partial charge in [-0.05, 0) is 30.9 Å². The van der Waals surface area contributed by atoms with Gasteiger partial charge in [-0.1, -0.05) is 45.4 Å². The molecule has 0 bridgehead atoms. The summed E-state index contributed by atoms with van der Waals surface area (Å²) >= 11 is 0. The van der Waals surface area contributed by atoms with Gasteiger partial charge in [0, 0.05) is 19.0 Å². The molecule has 1 aromatic heterocycles. The highest BCUT2D eigenvalue weighted by Gasteiger charge is 2.25. The van der Waals surface area contributed by atoms with Crippen molar-refractivity contribution in [2.24, 2.45) is 12.5 Å². The topological polar surface area (TPSA) is 29.9 Å². The summed E-state index contributed by atoms with van der Waals surface area (Å²) in [7, 11) is 2.04. The monoisotopic (exact) mass is 273 g/mol. The predicted molar refractivity (Wildman–Crippen MR) is 86.0 cm³/mol. The molecule has 0 fully saturated rings. The van der Waals surface area contributed by atoms with Crippen molar-refractivity contribution in [2.45, 2.75) is 40.0 Å². The van der Waals surface area contributed by atoms with Gasteiger partial charge < -0.3 is 5.32 Å². The van der Waals surface area contributed by atoms with Crippen molar-refractivity contribution >= 4 is 10.9 Å². The fraction of sp³-hybridized carbons (Fsp3) is 0.588. The number of aromatic nitrogens is 2. The third-order valence-corrected chi connectivity index (χ3v) is 4.08. The third-order valence-electron chi connectivity index (χ3n) is 4.08. The highest BCUT2D eigenvalue weighted by atomic mass is 15.3. The third kappa shape index (κ3) is 3.21. The first-order valence-electron chi connectivity index (χ1n) is 7.71. The Kier molecular flexibility index (Phi) is 4.81. The minimum absolute atomic E-state index is 0.280. The molecule has 3 nitrogen and oxygen atoms in total. The molecule has 1 atom stereocenters. The molecular formula is C17H27N3. The number of nitrogens with zero attached hydrogens (tertiary/aromatic N) is 2. The van der Waals surface area contributed by atoms with Crippen LogP contribution in [0, 0.1) is 5.41 Å². The lowest BCUT2D eigenvalue weighted by molar-refractivity contribution is 0.275. The fourth-order valence-electron chi connectivity index (χ4n) is 3.09. The Morgan fingerprint density at radius 3 is 2.70 bits per heavy atom. The minimum atomic E-state index is 0.280. The largest absolute Gasteiger partial charge is 0.316 e. The van der Waals surface area contributed by atoms with Crippen molar-refractivity contribution in [1.29, 1.82) is 0 Å². The summed E-state index contributed by atoms with van der Waals surface area (Å²) in [5, 5.41) is 9.57. The predicted octanol–water partition coefficient (Wildman–Crippen LogP) is 3.53. The lowest BCUT2D eigenvalue weighted by Gasteiger charge is -2.29. The molecule has 20 heavy (non-hydrogen) atoms. The van der Waals surface area contributed by atoms with E-state index in [2.05, 4.69) is 50.4 Å². The van der Waals surface area contributed by atoms with Gasteiger partial charge in [0.15, 0.2) is 0 Å². The fourth-order valence-corrected chi connectivity index (χ4v) is 3.09. The van der Waals surface area contributed by atoms with E-state index in [0.29, 0.717) is 0 Å². The van der Waals surface area contributed by atoms with Crippen molar-refractivity contribution in [2.75, 3.05) is 13.1 Å². The molecule has 0 aliphatic carbocycles. The number of fused-ring (bicyclic) bond motifs is 1. The Morgan fingerprint density at radius 1 is 1.25 bits per heavy atom. The van der Waals surface area contributed by atoms with Crippen LogP contribution in [0.2, 0.25) is 0 Å². The van der Waals surface area contributed by atoms with Gasteiger partial charge in [-0.3, -0.25) is 4.68 Å². The Bertz CT molecular complexity index is 558. The summed E-state index contributed by atoms with van der Waals surface area (Å²) in [4.78, 5) is 0. The van der Waals surface area contributed by atoms with Crippen molar-refractivity contribution < 1.29 is 0 Å². The summed E-state index contributed by atoms with van der Waals surface area (Å²) in [6.45, 7) is 8.90. The lowest BCUT2D eigenvalue weighted by Crippen LogP contribution is -2.33. The molecule has 1 unspecified atom stereocenters. The number of para-hydroxylation sites is 1. The van der Waals surface area contributed by atoms with E-state index in [1.54, 1.807) is 0 Å². The number of aryl methyl sites for hydroxylation is 1. The van der Waals surface area contributed by atoms with Gasteiger partial charge in [0.1, 0.15) is 0 Å². The maximum Gasteiger partial charge on any atom is 0.0709 e. The van der Waals surface area contributed by atoms with Gasteiger partial charge >= 0.3 is 0 Å². The molecule has 0 amide bonds. The minimum Gasteiger partial charge on any atom is -0.316 e. The van der Waals surface area contributed by atoms with E-state index < -0.39 is 0 Å². The van der Waals surface area contributed by atoms with E-state index in [1.807, 2.05) is 11.7 Å². The van der Waals surface area contributed by atoms with Crippen molar-refractivity contribution in [3.63, 3.8) is 0 Å². The van der Waals surface area contributed by atoms with Gasteiger partial charge in [0.05, 0.1) is 11.2 Å². The summed E-state index contributed by atoms with van der Waals surface area (Å²) in [5.41, 5.74) is 2.74. The summed E-state index contributed by atoms with van der Waals surface area (Å²) in [6, 6.07) is 8.53. The molecule has 1 aromatic carbocycles. The SMILES string of the molecule is CCCC(C)(CNCC)Cc1nn(C)c2ccccc12. The maximum absolute atomic E-state index is 4.75. The van der Waals surface area contributed by atoms with Crippen LogP contribution in [-0.2, 0) is 13.5 Å². The van der Waals surface area contributed by atoms with Gasteiger partial charge in [-0.15, -0.1) is 0 Å². The van der Waals surface area contributed by atoms with Crippen LogP contribution in [0.15, 0.2) is 24.3 Å². The van der Waals surface area contributed by atoms with Crippen molar-refractivity contribution in [3.8, 4) is 0 Å². The zero-order valence-electron chi connectivity index (χ0n) is 13.2. The van der Waals surface area contributed by atoms with Gasteiger partial charge in [0.2, 0.25) is 0 Å². The van der Waals surface area contributed by atoms with Crippen molar-refractivity contribution in [1.82, 2.24) is 15.1 Å². The van der Waals surface area contributed by atoms with Crippen LogP contribution in [-0.4, -0.2) is 22.9 Å². The van der Waals surface area contributed by atoms with Crippen LogP contribution >= 0.6 is 0 Å². The Labute approximate surface area is 122 Å². The molecule has 3 heteroatoms. The number of benzene rings is 1. The summed E-state index contributed by atoms with van der Waals surface area (Å²) in [6.07, 6.45) is 3.48. The van der Waals surface area contributed by atoms with Crippen molar-refractivity contribution in [3.05, 3.63) is 30.0 Å². The first kappa shape index (κ1) is 15.0. The van der Waals surface area contributed by atoms with Gasteiger partial charge in [-0.25, -0.2) is 0 Å². The number of nitrogens with one attached hydrogen (secondary N) is 1. The zero-order chi connectivity index (χ0) is 14.6. The van der Waals surface area contributed by atoms with Crippen LogP contribution in [0.3, 0.4) is 0 Å². The Morgan fingerprint density at radius 2 is 2.00 bits per heavy atom. The average molecular weight is 273 g/mol. The standard InChI is InChI=1S/C17H27N3/c1-5-11-17(3,13-18-6-2)12-15-14-9-7-8-10-16(14)20(4)19-15/h7-10,18H,5-6,11-13H2,1-4H3. The Hall–Kier alpha value is -1.35. The zero-order valence-corrected chi connectivity index (χ0v) is 13.2. The van der Waals surface area contributed by atoms with Gasteiger partial charge in [0.25, 0.3) is 0 Å². The highest BCUT2D eigenvalue weighted by molar-refractivity contribution is 5.81. The molecule has 0 aliphatic heterocycles. The number of hydrogen-bond acceptors (Lipinski definition) is 2. The Balaban J connectivity index is 2.28.